The summed E-state index contributed by atoms with van der Waals surface area (Å²) in [7, 11) is 5.70. The van der Waals surface area contributed by atoms with Crippen molar-refractivity contribution in [2.24, 2.45) is 5.92 Å². The first kappa shape index (κ1) is 25.9. The number of fused-ring (bicyclic) bond motifs is 1. The molecule has 0 aliphatic carbocycles. The third kappa shape index (κ3) is 5.39. The molecule has 12 heteroatoms. The number of H-pyrrole nitrogens is 1. The van der Waals surface area contributed by atoms with Crippen LogP contribution in [0.25, 0.3) is 22.2 Å². The number of anilines is 2. The maximum Gasteiger partial charge on any atom is 0.237 e. The highest BCUT2D eigenvalue weighted by atomic mass is 16.2. The number of nitrogens with one attached hydrogen (secondary N) is 2. The fourth-order valence-electron chi connectivity index (χ4n) is 5.54. The van der Waals surface area contributed by atoms with Crippen LogP contribution >= 0.6 is 0 Å². The first-order chi connectivity index (χ1) is 19.4. The summed E-state index contributed by atoms with van der Waals surface area (Å²) in [5.74, 6) is 0.501. The monoisotopic (exact) mass is 535 g/mol. The van der Waals surface area contributed by atoms with E-state index in [0.29, 0.717) is 57.1 Å². The highest BCUT2D eigenvalue weighted by molar-refractivity contribution is 6.31. The minimum absolute atomic E-state index is 0.0268. The second kappa shape index (κ2) is 11.0. The number of nitrogens with zero attached hydrogens (tertiary/aromatic N) is 7. The second-order valence-corrected chi connectivity index (χ2v) is 10.5. The summed E-state index contributed by atoms with van der Waals surface area (Å²) in [4.78, 5) is 45.1. The predicted octanol–water partition coefficient (Wildman–Crippen LogP) is 1.21. The first-order valence-corrected chi connectivity index (χ1v) is 13.5. The van der Waals surface area contributed by atoms with Crippen LogP contribution in [0.5, 0.6) is 0 Å². The van der Waals surface area contributed by atoms with Gasteiger partial charge in [-0.05, 0) is 50.2 Å². The van der Waals surface area contributed by atoms with Crippen LogP contribution in [0.3, 0.4) is 0 Å². The van der Waals surface area contributed by atoms with Gasteiger partial charge in [-0.1, -0.05) is 5.46 Å². The summed E-state index contributed by atoms with van der Waals surface area (Å²) in [6.45, 7) is 5.54. The summed E-state index contributed by atoms with van der Waals surface area (Å²) in [6, 6.07) is 9.58. The standard InChI is InChI=1S/C28H30BN9O2/c1-18-15-37(28-31-13-21(29)14-32-28)10-11-38(18)25(39)17-36-9-6-20(16-36)27(40)33-22-2-3-24-23(12-22)26(35-34-24)19-4-7-30-8-5-19/h2-5,7-8,12-14,18,20H,6,9-11,15-17H2,1H3,(H,33,40)(H,34,35)/t18-,20-/m1/s1. The summed E-state index contributed by atoms with van der Waals surface area (Å²) < 4.78 is 0. The Labute approximate surface area is 233 Å². The SMILES string of the molecule is [B]c1cnc(N2CCN(C(=O)CN3CC[C@@H](C(=O)Nc4ccc5[nH]nc(-c6ccncc6)c5c4)C3)[C@H](C)C2)nc1. The van der Waals surface area contributed by atoms with Gasteiger partial charge in [0.05, 0.1) is 18.0 Å². The topological polar surface area (TPSA) is 123 Å². The Morgan fingerprint density at radius 3 is 2.65 bits per heavy atom. The molecule has 0 spiro atoms. The molecule has 2 atom stereocenters. The minimum Gasteiger partial charge on any atom is -0.337 e. The van der Waals surface area contributed by atoms with Gasteiger partial charge in [0.2, 0.25) is 17.8 Å². The van der Waals surface area contributed by atoms with Gasteiger partial charge in [-0.3, -0.25) is 24.6 Å². The Morgan fingerprint density at radius 1 is 1.07 bits per heavy atom. The van der Waals surface area contributed by atoms with Gasteiger partial charge in [-0.25, -0.2) is 9.97 Å². The van der Waals surface area contributed by atoms with Crippen LogP contribution in [-0.2, 0) is 9.59 Å². The zero-order chi connectivity index (χ0) is 27.6. The van der Waals surface area contributed by atoms with Gasteiger partial charge in [0, 0.05) is 73.6 Å². The molecule has 0 bridgehead atoms. The van der Waals surface area contributed by atoms with Crippen LogP contribution in [0.15, 0.2) is 55.1 Å². The van der Waals surface area contributed by atoms with Gasteiger partial charge in [-0.15, -0.1) is 0 Å². The molecular formula is C28H30BN9O2. The van der Waals surface area contributed by atoms with Crippen molar-refractivity contribution in [1.82, 2.24) is 34.9 Å². The Hall–Kier alpha value is -4.32. The Kier molecular flexibility index (Phi) is 7.16. The van der Waals surface area contributed by atoms with Crippen molar-refractivity contribution >= 4 is 47.7 Å². The Bertz CT molecular complexity index is 1510. The van der Waals surface area contributed by atoms with Crippen LogP contribution in [0.2, 0.25) is 0 Å². The number of rotatable bonds is 6. The molecule has 2 N–H and O–H groups in total. The van der Waals surface area contributed by atoms with Crippen LogP contribution in [-0.4, -0.2) is 99.9 Å². The third-order valence-electron chi connectivity index (χ3n) is 7.68. The zero-order valence-electron chi connectivity index (χ0n) is 22.3. The number of piperazine rings is 1. The van der Waals surface area contributed by atoms with Gasteiger partial charge in [0.1, 0.15) is 13.5 Å². The highest BCUT2D eigenvalue weighted by Gasteiger charge is 2.33. The quantitative estimate of drug-likeness (QED) is 0.354. The predicted molar refractivity (Wildman–Crippen MR) is 153 cm³/mol. The van der Waals surface area contributed by atoms with Gasteiger partial charge in [0.15, 0.2) is 0 Å². The van der Waals surface area contributed by atoms with E-state index in [-0.39, 0.29) is 23.8 Å². The number of aromatic amines is 1. The van der Waals surface area contributed by atoms with Crippen molar-refractivity contribution in [3.8, 4) is 11.3 Å². The second-order valence-electron chi connectivity index (χ2n) is 10.5. The molecule has 202 valence electrons. The number of amides is 2. The van der Waals surface area contributed by atoms with Crippen molar-refractivity contribution < 1.29 is 9.59 Å². The normalized spacial score (nSPS) is 19.7. The van der Waals surface area contributed by atoms with Crippen molar-refractivity contribution in [1.29, 1.82) is 0 Å². The van der Waals surface area contributed by atoms with E-state index < -0.39 is 0 Å². The average molecular weight is 535 g/mol. The number of benzene rings is 1. The molecule has 1 aromatic carbocycles. The Morgan fingerprint density at radius 2 is 1.88 bits per heavy atom. The molecular weight excluding hydrogens is 505 g/mol. The molecule has 2 amide bonds. The molecule has 2 aliphatic heterocycles. The van der Waals surface area contributed by atoms with Crippen molar-refractivity contribution in [2.45, 2.75) is 19.4 Å². The molecule has 2 saturated heterocycles. The summed E-state index contributed by atoms with van der Waals surface area (Å²) in [5.41, 5.74) is 3.91. The first-order valence-electron chi connectivity index (χ1n) is 13.5. The van der Waals surface area contributed by atoms with Crippen molar-refractivity contribution in [3.05, 3.63) is 55.1 Å². The molecule has 4 aromatic rings. The molecule has 2 radical (unpaired) electrons. The summed E-state index contributed by atoms with van der Waals surface area (Å²) >= 11 is 0. The Balaban J connectivity index is 1.03. The molecule has 40 heavy (non-hydrogen) atoms. The van der Waals surface area contributed by atoms with E-state index in [4.69, 9.17) is 7.85 Å². The maximum absolute atomic E-state index is 13.2. The number of carbonyl (C=O) groups is 2. The van der Waals surface area contributed by atoms with Crippen LogP contribution in [0.1, 0.15) is 13.3 Å². The van der Waals surface area contributed by atoms with Crippen molar-refractivity contribution in [2.75, 3.05) is 49.5 Å². The number of hydrogen-bond acceptors (Lipinski definition) is 8. The van der Waals surface area contributed by atoms with E-state index in [1.165, 1.54) is 0 Å². The van der Waals surface area contributed by atoms with Gasteiger partial charge >= 0.3 is 0 Å². The largest absolute Gasteiger partial charge is 0.337 e. The molecule has 3 aromatic heterocycles. The van der Waals surface area contributed by atoms with E-state index in [9.17, 15) is 9.59 Å². The van der Waals surface area contributed by atoms with Gasteiger partial charge in [-0.2, -0.15) is 5.10 Å². The lowest BCUT2D eigenvalue weighted by Crippen LogP contribution is -2.56. The number of carbonyl (C=O) groups excluding carboxylic acids is 2. The molecule has 2 aliphatic rings. The number of pyridine rings is 1. The molecule has 0 unspecified atom stereocenters. The average Bonchev–Trinajstić information content (AvgIpc) is 3.61. The van der Waals surface area contributed by atoms with E-state index in [1.54, 1.807) is 24.8 Å². The van der Waals surface area contributed by atoms with E-state index in [2.05, 4.69) is 40.3 Å². The fraction of sp³-hybridized carbons (Fsp3) is 0.357. The lowest BCUT2D eigenvalue weighted by Gasteiger charge is -2.40. The molecule has 11 nitrogen and oxygen atoms in total. The highest BCUT2D eigenvalue weighted by Crippen LogP contribution is 2.29. The molecule has 0 saturated carbocycles. The third-order valence-corrected chi connectivity index (χ3v) is 7.68. The van der Waals surface area contributed by atoms with Crippen LogP contribution < -0.4 is 15.7 Å². The maximum atomic E-state index is 13.2. The number of aromatic nitrogens is 5. The van der Waals surface area contributed by atoms with Crippen molar-refractivity contribution in [3.63, 3.8) is 0 Å². The number of hydrogen-bond donors (Lipinski definition) is 2. The lowest BCUT2D eigenvalue weighted by molar-refractivity contribution is -0.134. The zero-order valence-corrected chi connectivity index (χ0v) is 22.3. The minimum atomic E-state index is -0.176. The molecule has 5 heterocycles. The number of likely N-dealkylation sites (tertiary alicyclic amines) is 1. The van der Waals surface area contributed by atoms with Crippen LogP contribution in [0, 0.1) is 5.92 Å². The lowest BCUT2D eigenvalue weighted by atomic mass is 10.0. The summed E-state index contributed by atoms with van der Waals surface area (Å²) in [6.07, 6.45) is 7.37. The molecule has 2 fully saturated rings. The smallest absolute Gasteiger partial charge is 0.237 e. The van der Waals surface area contributed by atoms with Gasteiger partial charge < -0.3 is 15.1 Å². The summed E-state index contributed by atoms with van der Waals surface area (Å²) in [5, 5.41) is 11.5. The van der Waals surface area contributed by atoms with E-state index in [0.717, 1.165) is 27.8 Å². The van der Waals surface area contributed by atoms with Gasteiger partial charge in [0.25, 0.3) is 0 Å². The van der Waals surface area contributed by atoms with E-state index in [1.807, 2.05) is 42.2 Å². The van der Waals surface area contributed by atoms with E-state index >= 15 is 0 Å². The van der Waals surface area contributed by atoms with Crippen LogP contribution in [0.4, 0.5) is 11.6 Å². The molecule has 6 rings (SSSR count). The fourth-order valence-corrected chi connectivity index (χ4v) is 5.54.